The Morgan fingerprint density at radius 3 is 2.47 bits per heavy atom. The molecule has 1 aliphatic rings. The first-order valence-corrected chi connectivity index (χ1v) is 6.25. The molecule has 0 aromatic heterocycles. The molecule has 0 spiro atoms. The van der Waals surface area contributed by atoms with E-state index in [1.807, 2.05) is 0 Å². The van der Waals surface area contributed by atoms with E-state index in [1.54, 1.807) is 11.9 Å². The summed E-state index contributed by atoms with van der Waals surface area (Å²) < 4.78 is 0. The molecule has 0 saturated heterocycles. The van der Waals surface area contributed by atoms with Crippen molar-refractivity contribution < 1.29 is 14.7 Å². The van der Waals surface area contributed by atoms with Gasteiger partial charge >= 0.3 is 12.0 Å². The summed E-state index contributed by atoms with van der Waals surface area (Å²) in [6.45, 7) is 2.19. The van der Waals surface area contributed by atoms with Crippen molar-refractivity contribution in [1.82, 2.24) is 10.2 Å². The fraction of sp³-hybridized carbons (Fsp3) is 0.833. The predicted octanol–water partition coefficient (Wildman–Crippen LogP) is 1.68. The van der Waals surface area contributed by atoms with Crippen LogP contribution in [0.1, 0.15) is 39.0 Å². The van der Waals surface area contributed by atoms with Crippen LogP contribution in [-0.4, -0.2) is 41.6 Å². The van der Waals surface area contributed by atoms with Crippen molar-refractivity contribution in [3.8, 4) is 0 Å². The molecule has 2 amide bonds. The minimum atomic E-state index is -1.01. The molecule has 0 unspecified atom stereocenters. The van der Waals surface area contributed by atoms with Crippen molar-refractivity contribution in [3.63, 3.8) is 0 Å². The molecular formula is C12H22N2O3. The first-order valence-electron chi connectivity index (χ1n) is 6.25. The van der Waals surface area contributed by atoms with Crippen molar-refractivity contribution in [2.75, 3.05) is 13.6 Å². The Bertz CT molecular complexity index is 275. The summed E-state index contributed by atoms with van der Waals surface area (Å²) in [5.74, 6) is -0.441. The maximum Gasteiger partial charge on any atom is 0.325 e. The van der Waals surface area contributed by atoms with E-state index in [4.69, 9.17) is 5.11 Å². The van der Waals surface area contributed by atoms with Crippen LogP contribution in [0, 0.1) is 5.92 Å². The Morgan fingerprint density at radius 1 is 1.35 bits per heavy atom. The van der Waals surface area contributed by atoms with Gasteiger partial charge in [0.1, 0.15) is 6.04 Å². The van der Waals surface area contributed by atoms with Gasteiger partial charge in [-0.05, 0) is 25.7 Å². The highest BCUT2D eigenvalue weighted by atomic mass is 16.4. The topological polar surface area (TPSA) is 69.6 Å². The number of rotatable bonds is 4. The number of carboxylic acid groups (broad SMARTS) is 1. The number of carbonyl (C=O) groups is 2. The van der Waals surface area contributed by atoms with Crippen molar-refractivity contribution >= 4 is 12.0 Å². The molecule has 98 valence electrons. The monoisotopic (exact) mass is 242 g/mol. The number of carbonyl (C=O) groups excluding carboxylic acids is 1. The highest BCUT2D eigenvalue weighted by Crippen LogP contribution is 2.23. The minimum absolute atomic E-state index is 0.300. The van der Waals surface area contributed by atoms with Crippen molar-refractivity contribution in [2.24, 2.45) is 5.92 Å². The zero-order valence-electron chi connectivity index (χ0n) is 10.6. The highest BCUT2D eigenvalue weighted by molar-refractivity contribution is 5.82. The van der Waals surface area contributed by atoms with Gasteiger partial charge in [0.15, 0.2) is 0 Å². The van der Waals surface area contributed by atoms with Crippen LogP contribution in [0.4, 0.5) is 4.79 Å². The molecule has 1 fully saturated rings. The SMILES string of the molecule is C[C@@H](NC(=O)N(C)CC1CCCCC1)C(=O)O. The van der Waals surface area contributed by atoms with Gasteiger partial charge in [0, 0.05) is 13.6 Å². The van der Waals surface area contributed by atoms with Gasteiger partial charge in [-0.3, -0.25) is 4.79 Å². The molecule has 5 heteroatoms. The standard InChI is InChI=1S/C12H22N2O3/c1-9(11(15)16)13-12(17)14(2)8-10-6-4-3-5-7-10/h9-10H,3-8H2,1-2H3,(H,13,17)(H,15,16)/t9-/m1/s1. The van der Waals surface area contributed by atoms with Gasteiger partial charge in [0.25, 0.3) is 0 Å². The van der Waals surface area contributed by atoms with Crippen LogP contribution >= 0.6 is 0 Å². The third-order valence-corrected chi connectivity index (χ3v) is 3.31. The van der Waals surface area contributed by atoms with Crippen LogP contribution in [0.15, 0.2) is 0 Å². The highest BCUT2D eigenvalue weighted by Gasteiger charge is 2.20. The number of hydrogen-bond donors (Lipinski definition) is 2. The summed E-state index contributed by atoms with van der Waals surface area (Å²) in [4.78, 5) is 23.9. The summed E-state index contributed by atoms with van der Waals surface area (Å²) in [5, 5.41) is 11.2. The third-order valence-electron chi connectivity index (χ3n) is 3.31. The smallest absolute Gasteiger partial charge is 0.325 e. The molecule has 1 atom stereocenters. The van der Waals surface area contributed by atoms with Crippen LogP contribution in [0.2, 0.25) is 0 Å². The number of carboxylic acids is 1. The van der Waals surface area contributed by atoms with Crippen LogP contribution in [0.5, 0.6) is 0 Å². The van der Waals surface area contributed by atoms with E-state index in [2.05, 4.69) is 5.32 Å². The second-order valence-corrected chi connectivity index (χ2v) is 4.89. The maximum absolute atomic E-state index is 11.7. The third kappa shape index (κ3) is 4.63. The van der Waals surface area contributed by atoms with Gasteiger partial charge in [0.2, 0.25) is 0 Å². The van der Waals surface area contributed by atoms with Crippen molar-refractivity contribution in [3.05, 3.63) is 0 Å². The predicted molar refractivity (Wildman–Crippen MR) is 64.8 cm³/mol. The molecule has 5 nitrogen and oxygen atoms in total. The first-order chi connectivity index (χ1) is 8.00. The lowest BCUT2D eigenvalue weighted by Gasteiger charge is -2.27. The molecular weight excluding hydrogens is 220 g/mol. The molecule has 2 N–H and O–H groups in total. The average molecular weight is 242 g/mol. The van der Waals surface area contributed by atoms with Crippen molar-refractivity contribution in [1.29, 1.82) is 0 Å². The van der Waals surface area contributed by atoms with E-state index < -0.39 is 12.0 Å². The van der Waals surface area contributed by atoms with E-state index in [0.29, 0.717) is 5.92 Å². The molecule has 0 aromatic carbocycles. The van der Waals surface area contributed by atoms with Gasteiger partial charge in [-0.25, -0.2) is 4.79 Å². The zero-order valence-corrected chi connectivity index (χ0v) is 10.6. The quantitative estimate of drug-likeness (QED) is 0.788. The molecule has 17 heavy (non-hydrogen) atoms. The molecule has 0 bridgehead atoms. The molecule has 1 saturated carbocycles. The average Bonchev–Trinajstić information content (AvgIpc) is 2.29. The van der Waals surface area contributed by atoms with Crippen LogP contribution < -0.4 is 5.32 Å². The Morgan fingerprint density at radius 2 is 1.94 bits per heavy atom. The van der Waals surface area contributed by atoms with Crippen LogP contribution in [0.25, 0.3) is 0 Å². The number of nitrogens with zero attached hydrogens (tertiary/aromatic N) is 1. The largest absolute Gasteiger partial charge is 0.480 e. The normalized spacial score (nSPS) is 18.5. The lowest BCUT2D eigenvalue weighted by Crippen LogP contribution is -2.46. The Balaban J connectivity index is 2.33. The summed E-state index contributed by atoms with van der Waals surface area (Å²) in [5.41, 5.74) is 0. The lowest BCUT2D eigenvalue weighted by molar-refractivity contribution is -0.138. The van der Waals surface area contributed by atoms with E-state index in [9.17, 15) is 9.59 Å². The van der Waals surface area contributed by atoms with Gasteiger partial charge in [-0.2, -0.15) is 0 Å². The van der Waals surface area contributed by atoms with Gasteiger partial charge in [0.05, 0.1) is 0 Å². The fourth-order valence-electron chi connectivity index (χ4n) is 2.20. The number of aliphatic carboxylic acids is 1. The molecule has 0 heterocycles. The Labute approximate surface area is 102 Å². The summed E-state index contributed by atoms with van der Waals surface area (Å²) in [6.07, 6.45) is 6.12. The fourth-order valence-corrected chi connectivity index (χ4v) is 2.20. The van der Waals surface area contributed by atoms with Gasteiger partial charge < -0.3 is 15.3 Å². The zero-order chi connectivity index (χ0) is 12.8. The Hall–Kier alpha value is -1.26. The van der Waals surface area contributed by atoms with Crippen LogP contribution in [0.3, 0.4) is 0 Å². The van der Waals surface area contributed by atoms with Gasteiger partial charge in [-0.15, -0.1) is 0 Å². The molecule has 0 radical (unpaired) electrons. The summed E-state index contributed by atoms with van der Waals surface area (Å²) >= 11 is 0. The number of urea groups is 1. The van der Waals surface area contributed by atoms with Crippen LogP contribution in [-0.2, 0) is 4.79 Å². The van der Waals surface area contributed by atoms with Crippen molar-refractivity contribution in [2.45, 2.75) is 45.1 Å². The Kier molecular flexibility index (Phi) is 5.25. The second-order valence-electron chi connectivity index (χ2n) is 4.89. The molecule has 0 aliphatic heterocycles. The summed E-state index contributed by atoms with van der Waals surface area (Å²) in [6, 6.07) is -1.14. The van der Waals surface area contributed by atoms with Gasteiger partial charge in [-0.1, -0.05) is 19.3 Å². The molecule has 0 aromatic rings. The lowest BCUT2D eigenvalue weighted by atomic mass is 9.89. The van der Waals surface area contributed by atoms with E-state index in [-0.39, 0.29) is 6.03 Å². The summed E-state index contributed by atoms with van der Waals surface area (Å²) in [7, 11) is 1.72. The molecule has 1 aliphatic carbocycles. The number of amides is 2. The van der Waals surface area contributed by atoms with E-state index >= 15 is 0 Å². The number of nitrogens with one attached hydrogen (secondary N) is 1. The first kappa shape index (κ1) is 13.8. The maximum atomic E-state index is 11.7. The second kappa shape index (κ2) is 6.47. The van der Waals surface area contributed by atoms with E-state index in [0.717, 1.165) is 6.54 Å². The number of hydrogen-bond acceptors (Lipinski definition) is 2. The molecule has 1 rings (SSSR count). The van der Waals surface area contributed by atoms with E-state index in [1.165, 1.54) is 39.0 Å². The minimum Gasteiger partial charge on any atom is -0.480 e.